The number of hydrogen-bond acceptors (Lipinski definition) is 3. The molecule has 208 valence electrons. The van der Waals surface area contributed by atoms with Gasteiger partial charge in [0.1, 0.15) is 23.9 Å². The highest BCUT2D eigenvalue weighted by molar-refractivity contribution is 5.71. The molecule has 1 atom stereocenters. The van der Waals surface area contributed by atoms with E-state index in [4.69, 9.17) is 9.47 Å². The lowest BCUT2D eigenvalue weighted by Gasteiger charge is -2.27. The van der Waals surface area contributed by atoms with Gasteiger partial charge in [0.15, 0.2) is 0 Å². The molecule has 1 unspecified atom stereocenters. The highest BCUT2D eigenvalue weighted by Crippen LogP contribution is 2.45. The Hall–Kier alpha value is -3.34. The average molecular weight is 533 g/mol. The Kier molecular flexibility index (Phi) is 8.68. The summed E-state index contributed by atoms with van der Waals surface area (Å²) >= 11 is 0. The Morgan fingerprint density at radius 2 is 1.79 bits per heavy atom. The number of aryl methyl sites for hydroxylation is 1. The molecule has 39 heavy (non-hydrogen) atoms. The van der Waals surface area contributed by atoms with Crippen LogP contribution in [0.25, 0.3) is 11.1 Å². The van der Waals surface area contributed by atoms with Crippen LogP contribution in [0.5, 0.6) is 11.5 Å². The third kappa shape index (κ3) is 6.46. The van der Waals surface area contributed by atoms with Crippen LogP contribution in [0.2, 0.25) is 0 Å². The Morgan fingerprint density at radius 1 is 1.03 bits per heavy atom. The largest absolute Gasteiger partial charge is 0.497 e. The number of halogens is 1. The van der Waals surface area contributed by atoms with E-state index in [1.54, 1.807) is 19.2 Å². The third-order valence-corrected chi connectivity index (χ3v) is 8.33. The van der Waals surface area contributed by atoms with Crippen molar-refractivity contribution in [2.75, 3.05) is 7.11 Å². The molecule has 0 bridgehead atoms. The normalized spacial score (nSPS) is 16.7. The molecule has 0 saturated heterocycles. The van der Waals surface area contributed by atoms with Crippen LogP contribution in [0.1, 0.15) is 82.1 Å². The molecule has 0 spiro atoms. The first-order valence-electron chi connectivity index (χ1n) is 14.0. The lowest BCUT2D eigenvalue weighted by atomic mass is 9.76. The summed E-state index contributed by atoms with van der Waals surface area (Å²) in [5.74, 6) is 0.338. The van der Waals surface area contributed by atoms with E-state index in [0.717, 1.165) is 66.5 Å². The zero-order valence-corrected chi connectivity index (χ0v) is 23.9. The highest BCUT2D eigenvalue weighted by Gasteiger charge is 2.39. The summed E-state index contributed by atoms with van der Waals surface area (Å²) in [5.41, 5.74) is 5.56. The van der Waals surface area contributed by atoms with Crippen molar-refractivity contribution in [3.8, 4) is 22.6 Å². The molecule has 0 heterocycles. The van der Waals surface area contributed by atoms with Gasteiger partial charge in [-0.15, -0.1) is 0 Å². The zero-order chi connectivity index (χ0) is 28.2. The van der Waals surface area contributed by atoms with Crippen LogP contribution in [0.3, 0.4) is 0 Å². The molecular formula is C34H41FO4. The molecule has 0 amide bonds. The predicted molar refractivity (Wildman–Crippen MR) is 154 cm³/mol. The standard InChI is InChI=1S/C34H41FO4/c1-6-15-33(3,4)20-25-17-23(8-12-28(25)29-18-26(38-5)11-13-31(29)35)22-39-27-10-9-24-14-16-34(7-2,21-32(36)37)30(24)19-27/h8-13,17-19H,6-7,14-16,20-22H2,1-5H3,(H,36,37). The number of fused-ring (bicyclic) bond motifs is 1. The van der Waals surface area contributed by atoms with Crippen molar-refractivity contribution in [1.29, 1.82) is 0 Å². The predicted octanol–water partition coefficient (Wildman–Crippen LogP) is 8.52. The van der Waals surface area contributed by atoms with Crippen molar-refractivity contribution in [2.45, 2.75) is 84.7 Å². The van der Waals surface area contributed by atoms with Crippen LogP contribution in [-0.2, 0) is 29.7 Å². The third-order valence-electron chi connectivity index (χ3n) is 8.33. The molecule has 0 aromatic heterocycles. The molecule has 4 nitrogen and oxygen atoms in total. The molecule has 4 rings (SSSR count). The number of carbonyl (C=O) groups is 1. The van der Waals surface area contributed by atoms with Gasteiger partial charge in [0.2, 0.25) is 0 Å². The van der Waals surface area contributed by atoms with E-state index < -0.39 is 5.97 Å². The minimum Gasteiger partial charge on any atom is -0.497 e. The molecule has 0 radical (unpaired) electrons. The van der Waals surface area contributed by atoms with Gasteiger partial charge in [-0.2, -0.15) is 0 Å². The van der Waals surface area contributed by atoms with Crippen molar-refractivity contribution < 1.29 is 23.8 Å². The monoisotopic (exact) mass is 532 g/mol. The van der Waals surface area contributed by atoms with Crippen LogP contribution in [-0.4, -0.2) is 18.2 Å². The fraction of sp³-hybridized carbons (Fsp3) is 0.441. The van der Waals surface area contributed by atoms with Gasteiger partial charge >= 0.3 is 5.97 Å². The molecule has 3 aromatic rings. The quantitative estimate of drug-likeness (QED) is 0.254. The molecule has 1 aliphatic carbocycles. The molecule has 0 saturated carbocycles. The average Bonchev–Trinajstić information content (AvgIpc) is 3.25. The number of ether oxygens (including phenoxy) is 2. The van der Waals surface area contributed by atoms with E-state index in [-0.39, 0.29) is 23.1 Å². The van der Waals surface area contributed by atoms with E-state index in [0.29, 0.717) is 17.9 Å². The molecule has 0 fully saturated rings. The number of hydrogen-bond donors (Lipinski definition) is 1. The van der Waals surface area contributed by atoms with Crippen molar-refractivity contribution in [3.05, 3.63) is 82.7 Å². The topological polar surface area (TPSA) is 55.8 Å². The number of methoxy groups -OCH3 is 1. The van der Waals surface area contributed by atoms with Crippen LogP contribution < -0.4 is 9.47 Å². The number of carboxylic acids is 1. The van der Waals surface area contributed by atoms with Crippen LogP contribution >= 0.6 is 0 Å². The summed E-state index contributed by atoms with van der Waals surface area (Å²) in [7, 11) is 1.59. The number of carboxylic acid groups (broad SMARTS) is 1. The molecule has 5 heteroatoms. The van der Waals surface area contributed by atoms with Crippen molar-refractivity contribution in [1.82, 2.24) is 0 Å². The minimum absolute atomic E-state index is 0.0614. The van der Waals surface area contributed by atoms with E-state index in [9.17, 15) is 14.3 Å². The Labute approximate surface area is 232 Å². The second-order valence-corrected chi connectivity index (χ2v) is 11.7. The maximum Gasteiger partial charge on any atom is 0.304 e. The minimum atomic E-state index is -0.762. The van der Waals surface area contributed by atoms with Crippen molar-refractivity contribution in [3.63, 3.8) is 0 Å². The zero-order valence-electron chi connectivity index (χ0n) is 23.9. The van der Waals surface area contributed by atoms with E-state index in [1.807, 2.05) is 24.3 Å². The second-order valence-electron chi connectivity index (χ2n) is 11.7. The van der Waals surface area contributed by atoms with Gasteiger partial charge < -0.3 is 14.6 Å². The van der Waals surface area contributed by atoms with Gasteiger partial charge in [-0.1, -0.05) is 58.4 Å². The van der Waals surface area contributed by atoms with Gasteiger partial charge in [0.25, 0.3) is 0 Å². The summed E-state index contributed by atoms with van der Waals surface area (Å²) in [6.07, 6.45) is 5.64. The first kappa shape index (κ1) is 28.7. The summed E-state index contributed by atoms with van der Waals surface area (Å²) in [6.45, 7) is 9.15. The maximum atomic E-state index is 15.0. The second kappa shape index (κ2) is 11.8. The van der Waals surface area contributed by atoms with Crippen LogP contribution in [0, 0.1) is 11.2 Å². The number of benzene rings is 3. The summed E-state index contributed by atoms with van der Waals surface area (Å²) in [5, 5.41) is 9.55. The van der Waals surface area contributed by atoms with E-state index in [2.05, 4.69) is 39.8 Å². The van der Waals surface area contributed by atoms with Gasteiger partial charge in [-0.25, -0.2) is 4.39 Å². The van der Waals surface area contributed by atoms with Gasteiger partial charge in [0.05, 0.1) is 13.5 Å². The molecule has 0 aliphatic heterocycles. The lowest BCUT2D eigenvalue weighted by molar-refractivity contribution is -0.138. The van der Waals surface area contributed by atoms with Gasteiger partial charge in [0, 0.05) is 11.0 Å². The number of rotatable bonds is 12. The molecular weight excluding hydrogens is 491 g/mol. The summed E-state index contributed by atoms with van der Waals surface area (Å²) < 4.78 is 26.6. The first-order chi connectivity index (χ1) is 18.6. The van der Waals surface area contributed by atoms with Gasteiger partial charge in [-0.3, -0.25) is 4.79 Å². The maximum absolute atomic E-state index is 15.0. The van der Waals surface area contributed by atoms with E-state index >= 15 is 0 Å². The number of aliphatic carboxylic acids is 1. The fourth-order valence-corrected chi connectivity index (χ4v) is 6.26. The van der Waals surface area contributed by atoms with Crippen molar-refractivity contribution >= 4 is 5.97 Å². The molecule has 1 aliphatic rings. The van der Waals surface area contributed by atoms with E-state index in [1.165, 1.54) is 11.6 Å². The Morgan fingerprint density at radius 3 is 2.49 bits per heavy atom. The lowest BCUT2D eigenvalue weighted by Crippen LogP contribution is -2.25. The summed E-state index contributed by atoms with van der Waals surface area (Å²) in [4.78, 5) is 11.6. The van der Waals surface area contributed by atoms with Crippen LogP contribution in [0.4, 0.5) is 4.39 Å². The molecule has 1 N–H and O–H groups in total. The fourth-order valence-electron chi connectivity index (χ4n) is 6.26. The first-order valence-corrected chi connectivity index (χ1v) is 14.0. The van der Waals surface area contributed by atoms with Crippen LogP contribution in [0.15, 0.2) is 54.6 Å². The smallest absolute Gasteiger partial charge is 0.304 e. The Bertz CT molecular complexity index is 1330. The van der Waals surface area contributed by atoms with Gasteiger partial charge in [-0.05, 0) is 95.7 Å². The Balaban J connectivity index is 1.63. The molecule has 3 aromatic carbocycles. The summed E-state index contributed by atoms with van der Waals surface area (Å²) in [6, 6.07) is 17.1. The highest BCUT2D eigenvalue weighted by atomic mass is 19.1. The van der Waals surface area contributed by atoms with Crippen molar-refractivity contribution in [2.24, 2.45) is 5.41 Å². The SMILES string of the molecule is CCCC(C)(C)Cc1cc(COc2ccc3c(c2)C(CC)(CC(=O)O)CC3)ccc1-c1cc(OC)ccc1F.